The van der Waals surface area contributed by atoms with Crippen molar-refractivity contribution in [2.45, 2.75) is 37.7 Å². The van der Waals surface area contributed by atoms with Crippen LogP contribution in [0.5, 0.6) is 0 Å². The van der Waals surface area contributed by atoms with E-state index in [9.17, 15) is 9.59 Å². The van der Waals surface area contributed by atoms with Gasteiger partial charge in [0.1, 0.15) is 0 Å². The van der Waals surface area contributed by atoms with Crippen molar-refractivity contribution >= 4 is 23.6 Å². The van der Waals surface area contributed by atoms with Gasteiger partial charge in [0.15, 0.2) is 0 Å². The molecule has 0 spiro atoms. The Morgan fingerprint density at radius 1 is 1.39 bits per heavy atom. The molecular formula is C17H24N2O3S. The standard InChI is InChI=1S/C17H24N2O3S/c1-12(23-2)16(20)18-10-13-5-3-6-14(9-13)17(21)19-11-15-7-4-8-22-15/h3,5-6,9,12,15H,4,7-8,10-11H2,1-2H3,(H,18,20)(H,19,21)/t12-,15-/m0/s1. The summed E-state index contributed by atoms with van der Waals surface area (Å²) in [6.07, 6.45) is 4.10. The molecule has 2 amide bonds. The number of nitrogens with one attached hydrogen (secondary N) is 2. The second kappa shape index (κ2) is 8.93. The van der Waals surface area contributed by atoms with Gasteiger partial charge >= 0.3 is 0 Å². The SMILES string of the molecule is CS[C@@H](C)C(=O)NCc1cccc(C(=O)NC[C@@H]2CCCO2)c1. The Morgan fingerprint density at radius 3 is 2.91 bits per heavy atom. The molecule has 1 aromatic carbocycles. The van der Waals surface area contributed by atoms with Crippen molar-refractivity contribution in [2.24, 2.45) is 0 Å². The summed E-state index contributed by atoms with van der Waals surface area (Å²) in [6, 6.07) is 7.33. The fourth-order valence-electron chi connectivity index (χ4n) is 2.38. The van der Waals surface area contributed by atoms with Crippen LogP contribution in [0.15, 0.2) is 24.3 Å². The Bertz CT molecular complexity index is 544. The minimum atomic E-state index is -0.105. The van der Waals surface area contributed by atoms with Gasteiger partial charge in [-0.3, -0.25) is 9.59 Å². The van der Waals surface area contributed by atoms with Crippen LogP contribution >= 0.6 is 11.8 Å². The maximum atomic E-state index is 12.2. The molecule has 0 unspecified atom stereocenters. The number of carbonyl (C=O) groups is 2. The molecule has 0 bridgehead atoms. The fraction of sp³-hybridized carbons (Fsp3) is 0.529. The Morgan fingerprint density at radius 2 is 2.22 bits per heavy atom. The van der Waals surface area contributed by atoms with E-state index in [-0.39, 0.29) is 23.2 Å². The Balaban J connectivity index is 1.85. The zero-order valence-electron chi connectivity index (χ0n) is 13.6. The highest BCUT2D eigenvalue weighted by atomic mass is 32.2. The molecule has 1 aliphatic rings. The van der Waals surface area contributed by atoms with Gasteiger partial charge in [-0.1, -0.05) is 12.1 Å². The predicted octanol–water partition coefficient (Wildman–Crippen LogP) is 1.96. The molecule has 126 valence electrons. The van der Waals surface area contributed by atoms with Gasteiger partial charge < -0.3 is 15.4 Å². The van der Waals surface area contributed by atoms with Crippen molar-refractivity contribution in [3.05, 3.63) is 35.4 Å². The second-order valence-electron chi connectivity index (χ2n) is 5.64. The molecule has 2 atom stereocenters. The molecule has 1 aromatic rings. The average molecular weight is 336 g/mol. The Kier molecular flexibility index (Phi) is 6.92. The summed E-state index contributed by atoms with van der Waals surface area (Å²) < 4.78 is 5.50. The van der Waals surface area contributed by atoms with Gasteiger partial charge in [0, 0.05) is 25.3 Å². The van der Waals surface area contributed by atoms with E-state index in [1.54, 1.807) is 6.07 Å². The molecule has 6 heteroatoms. The van der Waals surface area contributed by atoms with Crippen LogP contribution in [0.25, 0.3) is 0 Å². The van der Waals surface area contributed by atoms with Crippen molar-refractivity contribution in [3.8, 4) is 0 Å². The summed E-state index contributed by atoms with van der Waals surface area (Å²) in [6.45, 7) is 3.63. The second-order valence-corrected chi connectivity index (χ2v) is 6.82. The average Bonchev–Trinajstić information content (AvgIpc) is 3.10. The first-order valence-corrected chi connectivity index (χ1v) is 9.18. The van der Waals surface area contributed by atoms with Gasteiger partial charge in [-0.15, -0.1) is 0 Å². The summed E-state index contributed by atoms with van der Waals surface area (Å²) in [5.41, 5.74) is 1.52. The fourth-order valence-corrected chi connectivity index (χ4v) is 2.67. The number of thioether (sulfide) groups is 1. The van der Waals surface area contributed by atoms with Gasteiger partial charge in [0.2, 0.25) is 5.91 Å². The first-order chi connectivity index (χ1) is 11.1. The van der Waals surface area contributed by atoms with Gasteiger partial charge in [-0.25, -0.2) is 0 Å². The topological polar surface area (TPSA) is 67.4 Å². The quantitative estimate of drug-likeness (QED) is 0.799. The minimum Gasteiger partial charge on any atom is -0.376 e. The van der Waals surface area contributed by atoms with E-state index in [1.165, 1.54) is 11.8 Å². The van der Waals surface area contributed by atoms with E-state index in [2.05, 4.69) is 10.6 Å². The van der Waals surface area contributed by atoms with Crippen LogP contribution in [0.4, 0.5) is 0 Å². The molecule has 1 aliphatic heterocycles. The van der Waals surface area contributed by atoms with E-state index in [4.69, 9.17) is 4.74 Å². The largest absolute Gasteiger partial charge is 0.376 e. The lowest BCUT2D eigenvalue weighted by Gasteiger charge is -2.12. The van der Waals surface area contributed by atoms with E-state index in [0.29, 0.717) is 18.7 Å². The van der Waals surface area contributed by atoms with Crippen LogP contribution in [-0.4, -0.2) is 42.6 Å². The lowest BCUT2D eigenvalue weighted by Crippen LogP contribution is -2.32. The summed E-state index contributed by atoms with van der Waals surface area (Å²) >= 11 is 1.51. The third-order valence-corrected chi connectivity index (χ3v) is 4.81. The summed E-state index contributed by atoms with van der Waals surface area (Å²) in [4.78, 5) is 24.0. The number of rotatable bonds is 7. The van der Waals surface area contributed by atoms with Gasteiger partial charge in [-0.05, 0) is 43.7 Å². The molecule has 23 heavy (non-hydrogen) atoms. The molecule has 0 aromatic heterocycles. The molecule has 5 nitrogen and oxygen atoms in total. The Labute approximate surface area is 141 Å². The lowest BCUT2D eigenvalue weighted by atomic mass is 10.1. The molecule has 0 radical (unpaired) electrons. The minimum absolute atomic E-state index is 0.00531. The summed E-state index contributed by atoms with van der Waals surface area (Å²) in [5, 5.41) is 5.71. The van der Waals surface area contributed by atoms with Crippen molar-refractivity contribution in [3.63, 3.8) is 0 Å². The number of hydrogen-bond donors (Lipinski definition) is 2. The van der Waals surface area contributed by atoms with Crippen molar-refractivity contribution in [1.82, 2.24) is 10.6 Å². The summed E-state index contributed by atoms with van der Waals surface area (Å²) in [5.74, 6) is -0.100. The van der Waals surface area contributed by atoms with Crippen LogP contribution in [0.1, 0.15) is 35.7 Å². The summed E-state index contributed by atoms with van der Waals surface area (Å²) in [7, 11) is 0. The van der Waals surface area contributed by atoms with Crippen LogP contribution in [0.3, 0.4) is 0 Å². The molecule has 1 fully saturated rings. The molecule has 2 N–H and O–H groups in total. The van der Waals surface area contributed by atoms with Gasteiger partial charge in [-0.2, -0.15) is 11.8 Å². The molecule has 0 saturated carbocycles. The van der Waals surface area contributed by atoms with Gasteiger partial charge in [0.25, 0.3) is 5.91 Å². The smallest absolute Gasteiger partial charge is 0.251 e. The van der Waals surface area contributed by atoms with E-state index < -0.39 is 0 Å². The zero-order chi connectivity index (χ0) is 16.7. The van der Waals surface area contributed by atoms with Crippen LogP contribution in [0.2, 0.25) is 0 Å². The molecule has 1 heterocycles. The van der Waals surface area contributed by atoms with Crippen molar-refractivity contribution in [1.29, 1.82) is 0 Å². The van der Waals surface area contributed by atoms with E-state index >= 15 is 0 Å². The number of benzene rings is 1. The van der Waals surface area contributed by atoms with E-state index in [1.807, 2.05) is 31.4 Å². The number of amides is 2. The molecule has 1 saturated heterocycles. The maximum Gasteiger partial charge on any atom is 0.251 e. The third kappa shape index (κ3) is 5.55. The third-order valence-electron chi connectivity index (χ3n) is 3.89. The molecular weight excluding hydrogens is 312 g/mol. The monoisotopic (exact) mass is 336 g/mol. The zero-order valence-corrected chi connectivity index (χ0v) is 14.4. The highest BCUT2D eigenvalue weighted by Gasteiger charge is 2.17. The number of carbonyl (C=O) groups excluding carboxylic acids is 2. The van der Waals surface area contributed by atoms with Crippen molar-refractivity contribution in [2.75, 3.05) is 19.4 Å². The highest BCUT2D eigenvalue weighted by Crippen LogP contribution is 2.11. The van der Waals surface area contributed by atoms with Gasteiger partial charge in [0.05, 0.1) is 11.4 Å². The number of ether oxygens (including phenoxy) is 1. The van der Waals surface area contributed by atoms with Crippen LogP contribution in [0, 0.1) is 0 Å². The normalized spacial score (nSPS) is 18.4. The predicted molar refractivity (Wildman–Crippen MR) is 92.6 cm³/mol. The van der Waals surface area contributed by atoms with Crippen LogP contribution in [-0.2, 0) is 16.1 Å². The number of hydrogen-bond acceptors (Lipinski definition) is 4. The van der Waals surface area contributed by atoms with Crippen molar-refractivity contribution < 1.29 is 14.3 Å². The Hall–Kier alpha value is -1.53. The molecule has 0 aliphatic carbocycles. The first kappa shape index (κ1) is 17.8. The molecule has 2 rings (SSSR count). The van der Waals surface area contributed by atoms with E-state index in [0.717, 1.165) is 25.0 Å². The first-order valence-electron chi connectivity index (χ1n) is 7.89. The highest BCUT2D eigenvalue weighted by molar-refractivity contribution is 7.99. The van der Waals surface area contributed by atoms with Crippen LogP contribution < -0.4 is 10.6 Å². The maximum absolute atomic E-state index is 12.2. The lowest BCUT2D eigenvalue weighted by molar-refractivity contribution is -0.120.